The Morgan fingerprint density at radius 2 is 2.00 bits per heavy atom. The number of hydrogen-bond acceptors (Lipinski definition) is 6. The highest BCUT2D eigenvalue weighted by molar-refractivity contribution is 7.99. The highest BCUT2D eigenvalue weighted by atomic mass is 32.2. The van der Waals surface area contributed by atoms with Crippen molar-refractivity contribution in [1.29, 1.82) is 0 Å². The Morgan fingerprint density at radius 3 is 2.71 bits per heavy atom. The first-order chi connectivity index (χ1) is 16.5. The van der Waals surface area contributed by atoms with Gasteiger partial charge in [0.2, 0.25) is 5.91 Å². The zero-order chi connectivity index (χ0) is 23.9. The third-order valence-corrected chi connectivity index (χ3v) is 7.08. The molecule has 1 atom stereocenters. The van der Waals surface area contributed by atoms with Gasteiger partial charge in [-0.2, -0.15) is 0 Å². The number of carbonyl (C=O) groups excluding carboxylic acids is 1. The molecule has 1 unspecified atom stereocenters. The fraction of sp³-hybridized carbons (Fsp3) is 0.240. The van der Waals surface area contributed by atoms with E-state index in [1.54, 1.807) is 30.6 Å². The molecule has 2 aromatic heterocycles. The Kier molecular flexibility index (Phi) is 8.10. The van der Waals surface area contributed by atoms with Crippen LogP contribution >= 0.6 is 23.1 Å². The Bertz CT molecular complexity index is 1230. The number of halogens is 1. The first kappa shape index (κ1) is 24.1. The minimum Gasteiger partial charge on any atom is -0.383 e. The highest BCUT2D eigenvalue weighted by Gasteiger charge is 2.20. The molecule has 176 valence electrons. The molecule has 2 aromatic carbocycles. The third kappa shape index (κ3) is 5.91. The van der Waals surface area contributed by atoms with Crippen molar-refractivity contribution < 1.29 is 13.9 Å². The van der Waals surface area contributed by atoms with Gasteiger partial charge in [0.25, 0.3) is 0 Å². The minimum absolute atomic E-state index is 0.147. The Hall–Kier alpha value is -3.01. The van der Waals surface area contributed by atoms with E-state index in [1.807, 2.05) is 47.2 Å². The SMILES string of the molecule is COCCn1c(SCC(=O)NC(c2ccc(F)cc2)c2cccs2)nnc1-c1cccc(C)c1. The van der Waals surface area contributed by atoms with Gasteiger partial charge in [-0.3, -0.25) is 9.36 Å². The number of nitrogens with one attached hydrogen (secondary N) is 1. The molecule has 6 nitrogen and oxygen atoms in total. The van der Waals surface area contributed by atoms with Crippen LogP contribution in [0.1, 0.15) is 22.0 Å². The van der Waals surface area contributed by atoms with Crippen LogP contribution in [-0.2, 0) is 16.1 Å². The number of ether oxygens (including phenoxy) is 1. The van der Waals surface area contributed by atoms with Crippen LogP contribution in [0.2, 0.25) is 0 Å². The Morgan fingerprint density at radius 1 is 1.18 bits per heavy atom. The normalized spacial score (nSPS) is 12.0. The second-order valence-corrected chi connectivity index (χ2v) is 9.60. The second kappa shape index (κ2) is 11.4. The molecular formula is C25H25FN4O2S2. The van der Waals surface area contributed by atoms with E-state index in [0.29, 0.717) is 18.3 Å². The van der Waals surface area contributed by atoms with Crippen LogP contribution in [0.25, 0.3) is 11.4 Å². The quantitative estimate of drug-likeness (QED) is 0.310. The van der Waals surface area contributed by atoms with Gasteiger partial charge in [0.1, 0.15) is 5.82 Å². The van der Waals surface area contributed by atoms with Crippen molar-refractivity contribution in [3.63, 3.8) is 0 Å². The number of amides is 1. The molecule has 1 N–H and O–H groups in total. The molecule has 4 rings (SSSR count). The summed E-state index contributed by atoms with van der Waals surface area (Å²) in [5.74, 6) is 0.454. The van der Waals surface area contributed by atoms with Gasteiger partial charge in [0, 0.05) is 17.6 Å². The van der Waals surface area contributed by atoms with Gasteiger partial charge < -0.3 is 10.1 Å². The number of aryl methyl sites for hydroxylation is 1. The first-order valence-corrected chi connectivity index (χ1v) is 12.6. The largest absolute Gasteiger partial charge is 0.383 e. The van der Waals surface area contributed by atoms with E-state index in [0.717, 1.165) is 27.4 Å². The average Bonchev–Trinajstić information content (AvgIpc) is 3.51. The molecule has 0 aliphatic rings. The van der Waals surface area contributed by atoms with Crippen molar-refractivity contribution in [2.75, 3.05) is 19.5 Å². The molecule has 0 aliphatic carbocycles. The molecule has 1 amide bonds. The highest BCUT2D eigenvalue weighted by Crippen LogP contribution is 2.28. The molecule has 0 radical (unpaired) electrons. The van der Waals surface area contributed by atoms with E-state index in [9.17, 15) is 9.18 Å². The summed E-state index contributed by atoms with van der Waals surface area (Å²) in [6.07, 6.45) is 0. The van der Waals surface area contributed by atoms with E-state index in [1.165, 1.54) is 23.9 Å². The molecule has 2 heterocycles. The molecule has 34 heavy (non-hydrogen) atoms. The van der Waals surface area contributed by atoms with E-state index in [4.69, 9.17) is 4.74 Å². The summed E-state index contributed by atoms with van der Waals surface area (Å²) < 4.78 is 20.7. The maximum absolute atomic E-state index is 13.4. The molecule has 0 aliphatic heterocycles. The number of hydrogen-bond donors (Lipinski definition) is 1. The predicted octanol–water partition coefficient (Wildman–Crippen LogP) is 5.10. The second-order valence-electron chi connectivity index (χ2n) is 7.68. The number of benzene rings is 2. The number of aromatic nitrogens is 3. The van der Waals surface area contributed by atoms with Crippen molar-refractivity contribution in [3.05, 3.63) is 87.9 Å². The van der Waals surface area contributed by atoms with Crippen LogP contribution in [0.4, 0.5) is 4.39 Å². The van der Waals surface area contributed by atoms with Crippen LogP contribution in [0, 0.1) is 12.7 Å². The standard InChI is InChI=1S/C25H25FN4O2S2/c1-17-5-3-6-19(15-17)24-28-29-25(30(24)12-13-32-2)34-16-22(31)27-23(21-7-4-14-33-21)18-8-10-20(26)11-9-18/h3-11,14-15,23H,12-13,16H2,1-2H3,(H,27,31). The van der Waals surface area contributed by atoms with Crippen LogP contribution < -0.4 is 5.32 Å². The smallest absolute Gasteiger partial charge is 0.231 e. The van der Waals surface area contributed by atoms with Crippen molar-refractivity contribution >= 4 is 29.0 Å². The zero-order valence-electron chi connectivity index (χ0n) is 18.9. The number of thiophene rings is 1. The summed E-state index contributed by atoms with van der Waals surface area (Å²) in [4.78, 5) is 13.9. The van der Waals surface area contributed by atoms with Crippen LogP contribution in [0.5, 0.6) is 0 Å². The average molecular weight is 497 g/mol. The summed E-state index contributed by atoms with van der Waals surface area (Å²) in [6, 6.07) is 17.8. The maximum Gasteiger partial charge on any atom is 0.231 e. The van der Waals surface area contributed by atoms with Gasteiger partial charge in [-0.1, -0.05) is 53.7 Å². The predicted molar refractivity (Wildman–Crippen MR) is 133 cm³/mol. The van der Waals surface area contributed by atoms with Crippen molar-refractivity contribution in [1.82, 2.24) is 20.1 Å². The maximum atomic E-state index is 13.4. The van der Waals surface area contributed by atoms with Crippen molar-refractivity contribution in [2.45, 2.75) is 24.7 Å². The summed E-state index contributed by atoms with van der Waals surface area (Å²) >= 11 is 2.87. The zero-order valence-corrected chi connectivity index (χ0v) is 20.5. The fourth-order valence-electron chi connectivity index (χ4n) is 3.54. The molecule has 4 aromatic rings. The molecule has 0 spiro atoms. The summed E-state index contributed by atoms with van der Waals surface area (Å²) in [5, 5.41) is 14.4. The lowest BCUT2D eigenvalue weighted by Gasteiger charge is -2.18. The summed E-state index contributed by atoms with van der Waals surface area (Å²) in [5.41, 5.74) is 2.92. The van der Waals surface area contributed by atoms with Gasteiger partial charge in [-0.15, -0.1) is 21.5 Å². The summed E-state index contributed by atoms with van der Waals surface area (Å²) in [7, 11) is 1.65. The molecule has 0 bridgehead atoms. The van der Waals surface area contributed by atoms with Gasteiger partial charge in [-0.25, -0.2) is 4.39 Å². The number of rotatable bonds is 10. The number of nitrogens with zero attached hydrogens (tertiary/aromatic N) is 3. The van der Waals surface area contributed by atoms with E-state index < -0.39 is 0 Å². The lowest BCUT2D eigenvalue weighted by Crippen LogP contribution is -2.30. The molecule has 9 heteroatoms. The van der Waals surface area contributed by atoms with E-state index >= 15 is 0 Å². The topological polar surface area (TPSA) is 69.0 Å². The van der Waals surface area contributed by atoms with Crippen molar-refractivity contribution in [2.24, 2.45) is 0 Å². The number of carbonyl (C=O) groups is 1. The number of methoxy groups -OCH3 is 1. The van der Waals surface area contributed by atoms with Gasteiger partial charge in [0.15, 0.2) is 11.0 Å². The molecule has 0 saturated carbocycles. The van der Waals surface area contributed by atoms with Crippen molar-refractivity contribution in [3.8, 4) is 11.4 Å². The minimum atomic E-state index is -0.345. The monoisotopic (exact) mass is 496 g/mol. The van der Waals surface area contributed by atoms with E-state index in [2.05, 4.69) is 21.6 Å². The molecule has 0 saturated heterocycles. The lowest BCUT2D eigenvalue weighted by atomic mass is 10.1. The number of thioether (sulfide) groups is 1. The van der Waals surface area contributed by atoms with Crippen LogP contribution in [-0.4, -0.2) is 40.1 Å². The fourth-order valence-corrected chi connectivity index (χ4v) is 5.12. The van der Waals surface area contributed by atoms with Gasteiger partial charge in [0.05, 0.1) is 24.9 Å². The third-order valence-electron chi connectivity index (χ3n) is 5.18. The van der Waals surface area contributed by atoms with Crippen LogP contribution in [0.15, 0.2) is 71.2 Å². The Labute approximate surface area is 206 Å². The van der Waals surface area contributed by atoms with Gasteiger partial charge in [-0.05, 0) is 42.1 Å². The summed E-state index contributed by atoms with van der Waals surface area (Å²) in [6.45, 7) is 3.11. The van der Waals surface area contributed by atoms with E-state index in [-0.39, 0.29) is 23.5 Å². The van der Waals surface area contributed by atoms with Crippen LogP contribution in [0.3, 0.4) is 0 Å². The molecular weight excluding hydrogens is 471 g/mol. The molecule has 0 fully saturated rings. The lowest BCUT2D eigenvalue weighted by molar-refractivity contribution is -0.119. The first-order valence-electron chi connectivity index (χ1n) is 10.8. The van der Waals surface area contributed by atoms with Gasteiger partial charge >= 0.3 is 0 Å². The Balaban J connectivity index is 1.50.